The van der Waals surface area contributed by atoms with Crippen LogP contribution < -0.4 is 10.6 Å². The molecule has 136 valence electrons. The molecule has 5 nitrogen and oxygen atoms in total. The van der Waals surface area contributed by atoms with E-state index in [1.54, 1.807) is 24.0 Å². The first-order valence-corrected chi connectivity index (χ1v) is 7.51. The van der Waals surface area contributed by atoms with E-state index in [0.717, 1.165) is 12.1 Å². The second-order valence-corrected chi connectivity index (χ2v) is 5.88. The minimum Gasteiger partial charge on any atom is -0.336 e. The first kappa shape index (κ1) is 18.8. The summed E-state index contributed by atoms with van der Waals surface area (Å²) in [6.45, 7) is 3.65. The lowest BCUT2D eigenvalue weighted by molar-refractivity contribution is -0.137. The maximum Gasteiger partial charge on any atom is 0.418 e. The van der Waals surface area contributed by atoms with Gasteiger partial charge in [-0.3, -0.25) is 0 Å². The third kappa shape index (κ3) is 4.28. The van der Waals surface area contributed by atoms with Crippen LogP contribution in [0.15, 0.2) is 30.6 Å². The zero-order chi connectivity index (χ0) is 18.8. The van der Waals surface area contributed by atoms with Gasteiger partial charge in [0.25, 0.3) is 0 Å². The van der Waals surface area contributed by atoms with E-state index >= 15 is 0 Å². The molecule has 0 saturated heterocycles. The fourth-order valence-electron chi connectivity index (χ4n) is 2.38. The number of para-hydroxylation sites is 1. The average Bonchev–Trinajstić information content (AvgIpc) is 2.91. The first-order chi connectivity index (χ1) is 11.6. The second kappa shape index (κ2) is 7.12. The number of rotatable bonds is 4. The molecule has 2 amide bonds. The number of anilines is 1. The number of hydrogen-bond donors (Lipinski definition) is 2. The van der Waals surface area contributed by atoms with Gasteiger partial charge in [-0.1, -0.05) is 19.9 Å². The van der Waals surface area contributed by atoms with E-state index in [1.165, 1.54) is 0 Å². The van der Waals surface area contributed by atoms with E-state index in [2.05, 4.69) is 10.3 Å². The molecule has 1 atom stereocenters. The van der Waals surface area contributed by atoms with Crippen LogP contribution in [0.2, 0.25) is 0 Å². The minimum absolute atomic E-state index is 0.0884. The third-order valence-corrected chi connectivity index (χ3v) is 3.65. The summed E-state index contributed by atoms with van der Waals surface area (Å²) in [6.07, 6.45) is -1.56. The number of imidazole rings is 1. The van der Waals surface area contributed by atoms with Crippen LogP contribution in [0, 0.1) is 11.7 Å². The number of carbonyl (C=O) groups is 1. The van der Waals surface area contributed by atoms with Crippen molar-refractivity contribution < 1.29 is 22.4 Å². The Morgan fingerprint density at radius 1 is 1.28 bits per heavy atom. The van der Waals surface area contributed by atoms with Crippen molar-refractivity contribution in [1.82, 2.24) is 14.9 Å². The van der Waals surface area contributed by atoms with Gasteiger partial charge in [0.05, 0.1) is 17.3 Å². The van der Waals surface area contributed by atoms with Crippen LogP contribution >= 0.6 is 0 Å². The molecule has 0 aliphatic rings. The van der Waals surface area contributed by atoms with E-state index in [-0.39, 0.29) is 5.92 Å². The number of nitrogens with one attached hydrogen (secondary N) is 2. The Bertz CT molecular complexity index is 755. The summed E-state index contributed by atoms with van der Waals surface area (Å²) in [4.78, 5) is 16.3. The van der Waals surface area contributed by atoms with Gasteiger partial charge in [0.2, 0.25) is 0 Å². The van der Waals surface area contributed by atoms with Crippen molar-refractivity contribution in [3.05, 3.63) is 47.8 Å². The van der Waals surface area contributed by atoms with Crippen molar-refractivity contribution in [3.8, 4) is 0 Å². The maximum absolute atomic E-state index is 13.8. The van der Waals surface area contributed by atoms with Gasteiger partial charge in [0, 0.05) is 19.4 Å². The molecular weight excluding hydrogens is 340 g/mol. The molecule has 0 radical (unpaired) electrons. The molecule has 0 aliphatic heterocycles. The number of aryl methyl sites for hydroxylation is 1. The van der Waals surface area contributed by atoms with Crippen molar-refractivity contribution in [2.45, 2.75) is 26.1 Å². The first-order valence-electron chi connectivity index (χ1n) is 7.51. The number of halogens is 4. The van der Waals surface area contributed by atoms with E-state index in [4.69, 9.17) is 0 Å². The van der Waals surface area contributed by atoms with E-state index in [9.17, 15) is 22.4 Å². The summed E-state index contributed by atoms with van der Waals surface area (Å²) in [5, 5.41) is 4.52. The Morgan fingerprint density at radius 3 is 2.48 bits per heavy atom. The van der Waals surface area contributed by atoms with Crippen LogP contribution in [0.5, 0.6) is 0 Å². The summed E-state index contributed by atoms with van der Waals surface area (Å²) in [7, 11) is 1.73. The monoisotopic (exact) mass is 358 g/mol. The summed E-state index contributed by atoms with van der Waals surface area (Å²) in [5.74, 6) is -0.715. The molecule has 1 heterocycles. The van der Waals surface area contributed by atoms with E-state index < -0.39 is 35.3 Å². The lowest BCUT2D eigenvalue weighted by Crippen LogP contribution is -2.37. The number of hydrogen-bond acceptors (Lipinski definition) is 2. The zero-order valence-electron chi connectivity index (χ0n) is 13.9. The van der Waals surface area contributed by atoms with Crippen LogP contribution in [0.1, 0.15) is 31.3 Å². The van der Waals surface area contributed by atoms with Crippen LogP contribution in [0.25, 0.3) is 0 Å². The quantitative estimate of drug-likeness (QED) is 0.809. The fraction of sp³-hybridized carbons (Fsp3) is 0.375. The highest BCUT2D eigenvalue weighted by Crippen LogP contribution is 2.36. The van der Waals surface area contributed by atoms with Gasteiger partial charge in [0.15, 0.2) is 0 Å². The third-order valence-electron chi connectivity index (χ3n) is 3.65. The summed E-state index contributed by atoms with van der Waals surface area (Å²) in [5.41, 5.74) is -2.16. The highest BCUT2D eigenvalue weighted by molar-refractivity contribution is 5.90. The Hall–Kier alpha value is -2.58. The van der Waals surface area contributed by atoms with Gasteiger partial charge in [-0.2, -0.15) is 13.2 Å². The summed E-state index contributed by atoms with van der Waals surface area (Å²) >= 11 is 0. The predicted molar refractivity (Wildman–Crippen MR) is 84.3 cm³/mol. The topological polar surface area (TPSA) is 59.0 Å². The van der Waals surface area contributed by atoms with Crippen LogP contribution in [0.3, 0.4) is 0 Å². The number of urea groups is 1. The highest BCUT2D eigenvalue weighted by Gasteiger charge is 2.35. The van der Waals surface area contributed by atoms with Crippen LogP contribution in [-0.2, 0) is 13.2 Å². The Kier molecular flexibility index (Phi) is 5.34. The molecule has 1 unspecified atom stereocenters. The summed E-state index contributed by atoms with van der Waals surface area (Å²) < 4.78 is 54.5. The standard InChI is InChI=1S/C16H18F4N4O/c1-9(2)12(14-21-7-8-24(14)3)22-15(25)23-13-10(16(18,19)20)5-4-6-11(13)17/h4-9,12H,1-3H3,(H2,22,23,25). The second-order valence-electron chi connectivity index (χ2n) is 5.88. The summed E-state index contributed by atoms with van der Waals surface area (Å²) in [6, 6.07) is 0.992. The lowest BCUT2D eigenvalue weighted by Gasteiger charge is -2.23. The van der Waals surface area contributed by atoms with E-state index in [0.29, 0.717) is 11.9 Å². The molecule has 0 bridgehead atoms. The molecule has 0 fully saturated rings. The van der Waals surface area contributed by atoms with E-state index in [1.807, 2.05) is 19.2 Å². The number of nitrogens with zero attached hydrogens (tertiary/aromatic N) is 2. The van der Waals surface area contributed by atoms with Crippen molar-refractivity contribution in [2.24, 2.45) is 13.0 Å². The van der Waals surface area contributed by atoms with Gasteiger partial charge in [-0.25, -0.2) is 14.2 Å². The van der Waals surface area contributed by atoms with Gasteiger partial charge < -0.3 is 15.2 Å². The fourth-order valence-corrected chi connectivity index (χ4v) is 2.38. The molecule has 0 spiro atoms. The molecule has 2 aromatic rings. The molecule has 25 heavy (non-hydrogen) atoms. The molecule has 0 aliphatic carbocycles. The average molecular weight is 358 g/mol. The van der Waals surface area contributed by atoms with Gasteiger partial charge in [-0.15, -0.1) is 0 Å². The van der Waals surface area contributed by atoms with Crippen LogP contribution in [-0.4, -0.2) is 15.6 Å². The van der Waals surface area contributed by atoms with Crippen molar-refractivity contribution >= 4 is 11.7 Å². The van der Waals surface area contributed by atoms with Crippen LogP contribution in [0.4, 0.5) is 28.0 Å². The number of amides is 2. The van der Waals surface area contributed by atoms with Crippen molar-refractivity contribution in [3.63, 3.8) is 0 Å². The Morgan fingerprint density at radius 2 is 1.96 bits per heavy atom. The highest BCUT2D eigenvalue weighted by atomic mass is 19.4. The minimum atomic E-state index is -4.79. The molecule has 9 heteroatoms. The Labute approximate surface area is 142 Å². The maximum atomic E-state index is 13.8. The molecular formula is C16H18F4N4O. The van der Waals surface area contributed by atoms with Crippen molar-refractivity contribution in [1.29, 1.82) is 0 Å². The molecule has 1 aromatic heterocycles. The number of aromatic nitrogens is 2. The smallest absolute Gasteiger partial charge is 0.336 e. The van der Waals surface area contributed by atoms with Gasteiger partial charge >= 0.3 is 12.2 Å². The predicted octanol–water partition coefficient (Wildman–Crippen LogP) is 4.10. The lowest BCUT2D eigenvalue weighted by atomic mass is 10.0. The number of benzene rings is 1. The molecule has 2 rings (SSSR count). The number of carbonyl (C=O) groups excluding carboxylic acids is 1. The molecule has 1 aromatic carbocycles. The number of alkyl halides is 3. The normalized spacial score (nSPS) is 13.0. The molecule has 2 N–H and O–H groups in total. The van der Waals surface area contributed by atoms with Gasteiger partial charge in [0.1, 0.15) is 11.6 Å². The Balaban J connectivity index is 2.24. The van der Waals surface area contributed by atoms with Gasteiger partial charge in [-0.05, 0) is 18.1 Å². The molecule has 0 saturated carbocycles. The van der Waals surface area contributed by atoms with Crippen molar-refractivity contribution in [2.75, 3.05) is 5.32 Å². The SMILES string of the molecule is CC(C)C(NC(=O)Nc1c(F)cccc1C(F)(F)F)c1nccn1C. The largest absolute Gasteiger partial charge is 0.418 e. The zero-order valence-corrected chi connectivity index (χ0v) is 13.9.